The minimum atomic E-state index is -0.904. The lowest BCUT2D eigenvalue weighted by Crippen LogP contribution is -2.60. The molecule has 0 saturated carbocycles. The topological polar surface area (TPSA) is 213 Å². The van der Waals surface area contributed by atoms with Gasteiger partial charge in [-0.1, -0.05) is 57.0 Å². The molecule has 81 heavy (non-hydrogen) atoms. The number of aromatic nitrogens is 4. The van der Waals surface area contributed by atoms with Crippen molar-refractivity contribution in [2.24, 2.45) is 5.41 Å². The molecule has 428 valence electrons. The standard InChI is InChI=1S/C61H72F2N10O7S/c1-7-44-47(62)19-15-38-24-42(75)25-45(50(38)44)52-51(63)53-46(27-64-52)56(70-28-39-16-17-40(29-70)67-39)69-59(68-53)80-32-61(31-74)21-9-23-71(61)22-8-10-41-18-20-49(77)73(41)55(60(4,5)6)58(79)72-30-43(76)26-48(72)57(78)66-34(2)36-11-13-37(14-12-36)54-35(3)65-33-81-54/h1,11-15,19,24-25,27,33-34,39-41,43,48-49,55,67,74-77H,8-10,16-18,20-23,26,28-32H2,2-6H3,(H,66,78)/t34-,39?,40?,41-,43+,48-,49?,55+,61+/m0/s1. The lowest BCUT2D eigenvalue weighted by molar-refractivity contribution is -0.152. The maximum Gasteiger partial charge on any atom is 0.319 e. The number of phenols is 1. The Morgan fingerprint density at radius 3 is 2.49 bits per heavy atom. The summed E-state index contributed by atoms with van der Waals surface area (Å²) in [7, 11) is 0. The second-order valence-corrected chi connectivity index (χ2v) is 24.9. The number of piperazine rings is 1. The van der Waals surface area contributed by atoms with Crippen LogP contribution in [0.4, 0.5) is 14.6 Å². The fourth-order valence-corrected chi connectivity index (χ4v) is 14.4. The Balaban J connectivity index is 0.797. The molecular formula is C61H72F2N10O7S. The highest BCUT2D eigenvalue weighted by molar-refractivity contribution is 7.13. The SMILES string of the molecule is C#Cc1c(F)ccc2cc(O)cc(-c3ncc4c(N5CC6CCC(C5)N6)nc(OC[C@]5(CO)CCCN5CCC[C@H]5CCC(O)N5[C@H](C(=O)N5C[C@H](O)C[C@H]5C(=O)N[C@@H](C)c5ccc(-c6scnc6C)cc5)C(C)(C)C)nc4c3F)c12. The highest BCUT2D eigenvalue weighted by Crippen LogP contribution is 2.42. The molecule has 2 amide bonds. The van der Waals surface area contributed by atoms with E-state index in [0.29, 0.717) is 74.9 Å². The lowest BCUT2D eigenvalue weighted by atomic mass is 9.83. The van der Waals surface area contributed by atoms with Crippen LogP contribution in [0.1, 0.15) is 108 Å². The van der Waals surface area contributed by atoms with Crippen LogP contribution in [0.3, 0.4) is 0 Å². The number of anilines is 1. The zero-order valence-electron chi connectivity index (χ0n) is 46.5. The summed E-state index contributed by atoms with van der Waals surface area (Å²) in [6, 6.07) is 11.5. The van der Waals surface area contributed by atoms with Crippen LogP contribution in [0.5, 0.6) is 11.8 Å². The van der Waals surface area contributed by atoms with Gasteiger partial charge < -0.3 is 45.6 Å². The second-order valence-electron chi connectivity index (χ2n) is 24.1. The predicted octanol–water partition coefficient (Wildman–Crippen LogP) is 7.21. The Morgan fingerprint density at radius 1 is 1.02 bits per heavy atom. The van der Waals surface area contributed by atoms with Gasteiger partial charge in [0.2, 0.25) is 11.8 Å². The average Bonchev–Trinajstić information content (AvgIpc) is 4.29. The number of β-amino-alcohol motifs (C(OH)–C–C–N with tert-alkyl or cyclic N) is 1. The Bertz CT molecular complexity index is 3380. The smallest absolute Gasteiger partial charge is 0.319 e. The zero-order valence-corrected chi connectivity index (χ0v) is 47.4. The summed E-state index contributed by atoms with van der Waals surface area (Å²) >= 11 is 1.57. The number of phenolic OH excluding ortho intramolecular Hbond substituents is 1. The Kier molecular flexibility index (Phi) is 15.8. The number of hydrogen-bond donors (Lipinski definition) is 6. The van der Waals surface area contributed by atoms with Crippen LogP contribution in [0, 0.1) is 36.3 Å². The highest BCUT2D eigenvalue weighted by Gasteiger charge is 2.51. The van der Waals surface area contributed by atoms with Crippen molar-refractivity contribution < 1.29 is 43.5 Å². The number of aliphatic hydroxyl groups is 3. The van der Waals surface area contributed by atoms with Crippen molar-refractivity contribution in [2.75, 3.05) is 50.8 Å². The van der Waals surface area contributed by atoms with Crippen LogP contribution in [0.15, 0.2) is 60.2 Å². The van der Waals surface area contributed by atoms with Crippen molar-refractivity contribution in [2.45, 2.75) is 147 Å². The van der Waals surface area contributed by atoms with Crippen LogP contribution >= 0.6 is 11.3 Å². The molecule has 3 aromatic heterocycles. The van der Waals surface area contributed by atoms with E-state index in [1.54, 1.807) is 11.3 Å². The number of aromatic hydroxyl groups is 1. The Hall–Kier alpha value is -6.44. The molecule has 9 atom stereocenters. The molecule has 5 aliphatic heterocycles. The molecular weight excluding hydrogens is 1050 g/mol. The van der Waals surface area contributed by atoms with Gasteiger partial charge >= 0.3 is 6.01 Å². The maximum atomic E-state index is 17.4. The number of thiazole rings is 1. The number of halogens is 2. The van der Waals surface area contributed by atoms with Gasteiger partial charge in [0.05, 0.1) is 57.4 Å². The van der Waals surface area contributed by atoms with E-state index >= 15 is 13.6 Å². The third-order valence-corrected chi connectivity index (χ3v) is 18.6. The molecule has 3 aromatic carbocycles. The first-order valence-corrected chi connectivity index (χ1v) is 29.3. The van der Waals surface area contributed by atoms with Gasteiger partial charge in [-0.25, -0.2) is 13.8 Å². The van der Waals surface area contributed by atoms with Crippen molar-refractivity contribution in [3.63, 3.8) is 0 Å². The number of aliphatic hydroxyl groups excluding tert-OH is 3. The van der Waals surface area contributed by atoms with Gasteiger partial charge in [0, 0.05) is 61.3 Å². The first-order valence-electron chi connectivity index (χ1n) is 28.4. The van der Waals surface area contributed by atoms with E-state index in [9.17, 15) is 25.2 Å². The van der Waals surface area contributed by atoms with Crippen molar-refractivity contribution in [1.29, 1.82) is 0 Å². The summed E-state index contributed by atoms with van der Waals surface area (Å²) in [6.07, 6.45) is 11.4. The number of pyridine rings is 1. The lowest BCUT2D eigenvalue weighted by Gasteiger charge is -2.44. The molecule has 0 spiro atoms. The Labute approximate surface area is 474 Å². The highest BCUT2D eigenvalue weighted by atomic mass is 32.1. The van der Waals surface area contributed by atoms with E-state index in [-0.39, 0.29) is 102 Å². The predicted molar refractivity (Wildman–Crippen MR) is 306 cm³/mol. The largest absolute Gasteiger partial charge is 0.508 e. The van der Waals surface area contributed by atoms with Gasteiger partial charge in [-0.05, 0) is 118 Å². The van der Waals surface area contributed by atoms with E-state index in [2.05, 4.69) is 41.3 Å². The number of rotatable bonds is 16. The van der Waals surface area contributed by atoms with Gasteiger partial charge in [0.25, 0.3) is 0 Å². The maximum absolute atomic E-state index is 17.4. The fraction of sp³-hybridized carbons (Fsp3) is 0.508. The number of terminal acetylenes is 1. The molecule has 6 N–H and O–H groups in total. The monoisotopic (exact) mass is 1130 g/mol. The van der Waals surface area contributed by atoms with Gasteiger partial charge in [0.1, 0.15) is 47.5 Å². The van der Waals surface area contributed by atoms with Crippen LogP contribution in [0.25, 0.3) is 43.4 Å². The molecule has 6 aromatic rings. The number of aryl methyl sites for hydroxylation is 1. The molecule has 3 unspecified atom stereocenters. The molecule has 5 fully saturated rings. The first-order chi connectivity index (χ1) is 38.8. The summed E-state index contributed by atoms with van der Waals surface area (Å²) in [4.78, 5) is 56.5. The summed E-state index contributed by atoms with van der Waals surface area (Å²) in [5.41, 5.74) is 2.96. The van der Waals surface area contributed by atoms with Crippen molar-refractivity contribution >= 4 is 50.6 Å². The summed E-state index contributed by atoms with van der Waals surface area (Å²) < 4.78 is 39.1. The Morgan fingerprint density at radius 2 is 1.79 bits per heavy atom. The molecule has 17 nitrogen and oxygen atoms in total. The number of likely N-dealkylation sites (tertiary alicyclic amines) is 3. The van der Waals surface area contributed by atoms with Gasteiger partial charge in [0.15, 0.2) is 5.82 Å². The third-order valence-electron chi connectivity index (χ3n) is 17.6. The van der Waals surface area contributed by atoms with E-state index in [1.807, 2.05) is 69.3 Å². The van der Waals surface area contributed by atoms with Gasteiger partial charge in [-0.15, -0.1) is 17.8 Å². The van der Waals surface area contributed by atoms with Crippen molar-refractivity contribution in [3.8, 4) is 45.8 Å². The molecule has 8 heterocycles. The number of nitrogens with zero attached hydrogens (tertiary/aromatic N) is 8. The molecule has 5 aliphatic rings. The van der Waals surface area contributed by atoms with Gasteiger partial charge in [-0.3, -0.25) is 24.4 Å². The number of carbonyl (C=O) groups is 2. The average molecular weight is 1130 g/mol. The van der Waals surface area contributed by atoms with Crippen LogP contribution < -0.4 is 20.3 Å². The second kappa shape index (κ2) is 22.7. The fourth-order valence-electron chi connectivity index (χ4n) is 13.5. The zero-order chi connectivity index (χ0) is 57.1. The van der Waals surface area contributed by atoms with E-state index < -0.39 is 47.0 Å². The summed E-state index contributed by atoms with van der Waals surface area (Å²) in [5.74, 6) is 0.506. The van der Waals surface area contributed by atoms with Crippen LogP contribution in [-0.2, 0) is 9.59 Å². The number of carbonyl (C=O) groups excluding carboxylic acids is 2. The minimum Gasteiger partial charge on any atom is -0.508 e. The first kappa shape index (κ1) is 56.4. The number of benzene rings is 3. The van der Waals surface area contributed by atoms with E-state index in [4.69, 9.17) is 16.1 Å². The molecule has 5 saturated heterocycles. The normalized spacial score (nSPS) is 25.0. The molecule has 2 bridgehead atoms. The number of ether oxygens (including phenoxy) is 1. The molecule has 0 radical (unpaired) electrons. The molecule has 0 aliphatic carbocycles. The minimum absolute atomic E-state index is 0.00219. The van der Waals surface area contributed by atoms with E-state index in [1.165, 1.54) is 35.4 Å². The number of nitrogens with one attached hydrogen (secondary N) is 2. The van der Waals surface area contributed by atoms with Crippen molar-refractivity contribution in [3.05, 3.63) is 88.7 Å². The quantitative estimate of drug-likeness (QED) is 0.0529. The number of hydrogen-bond acceptors (Lipinski definition) is 16. The molecule has 11 rings (SSSR count). The third kappa shape index (κ3) is 10.9. The van der Waals surface area contributed by atoms with Gasteiger partial charge in [-0.2, -0.15) is 9.97 Å². The summed E-state index contributed by atoms with van der Waals surface area (Å²) in [5, 5.41) is 52.5. The van der Waals surface area contributed by atoms with Crippen LogP contribution in [0.2, 0.25) is 0 Å². The van der Waals surface area contributed by atoms with Crippen LogP contribution in [-0.4, -0.2) is 161 Å². The number of fused-ring (bicyclic) bond motifs is 4. The number of amides is 2. The van der Waals surface area contributed by atoms with Crippen molar-refractivity contribution in [1.82, 2.24) is 45.3 Å². The van der Waals surface area contributed by atoms with E-state index in [0.717, 1.165) is 41.0 Å². The molecule has 20 heteroatoms. The summed E-state index contributed by atoms with van der Waals surface area (Å²) in [6.45, 7) is 12.0.